The standard InChI is InChI=1S/C29H38N2O6/c1-27(2,3)25(36)30-21-11-7-19(8-12-21)15-23(34)29(17-32,18-33)24(35)16-20-9-13-22(14-10-20)31-26(37)28(4,5)6/h7-16,32-35H,17-18H2,1-6H3,(H,30,36)(H,31,37). The van der Waals surface area contributed by atoms with Gasteiger partial charge in [0.2, 0.25) is 11.8 Å². The van der Waals surface area contributed by atoms with Crippen LogP contribution in [0.2, 0.25) is 0 Å². The van der Waals surface area contributed by atoms with E-state index in [1.54, 1.807) is 90.1 Å². The van der Waals surface area contributed by atoms with Crippen LogP contribution in [0.25, 0.3) is 12.2 Å². The lowest BCUT2D eigenvalue weighted by Crippen LogP contribution is -2.34. The van der Waals surface area contributed by atoms with Crippen molar-refractivity contribution in [1.29, 1.82) is 0 Å². The van der Waals surface area contributed by atoms with Crippen LogP contribution in [0.3, 0.4) is 0 Å². The van der Waals surface area contributed by atoms with Crippen molar-refractivity contribution in [3.8, 4) is 0 Å². The summed E-state index contributed by atoms with van der Waals surface area (Å²) in [7, 11) is 0. The molecule has 0 radical (unpaired) electrons. The van der Waals surface area contributed by atoms with Gasteiger partial charge in [-0.2, -0.15) is 0 Å². The molecule has 2 rings (SSSR count). The second-order valence-corrected chi connectivity index (χ2v) is 11.1. The van der Waals surface area contributed by atoms with Crippen LogP contribution in [-0.2, 0) is 9.59 Å². The Morgan fingerprint density at radius 1 is 0.649 bits per heavy atom. The van der Waals surface area contributed by atoms with E-state index in [1.807, 2.05) is 0 Å². The number of anilines is 2. The van der Waals surface area contributed by atoms with Crippen molar-refractivity contribution in [3.05, 3.63) is 71.2 Å². The van der Waals surface area contributed by atoms with Gasteiger partial charge in [0.25, 0.3) is 0 Å². The molecule has 6 N–H and O–H groups in total. The molecule has 0 saturated carbocycles. The maximum atomic E-state index is 12.2. The average Bonchev–Trinajstić information content (AvgIpc) is 2.81. The Balaban J connectivity index is 2.26. The molecular formula is C29H38N2O6. The Hall–Kier alpha value is -3.62. The van der Waals surface area contributed by atoms with Crippen LogP contribution in [0, 0.1) is 16.2 Å². The fourth-order valence-corrected chi connectivity index (χ4v) is 3.06. The molecule has 0 aliphatic heterocycles. The third-order valence-corrected chi connectivity index (χ3v) is 5.83. The predicted molar refractivity (Wildman–Crippen MR) is 147 cm³/mol. The number of amides is 2. The first-order valence-corrected chi connectivity index (χ1v) is 12.0. The zero-order valence-electron chi connectivity index (χ0n) is 22.3. The zero-order chi connectivity index (χ0) is 28.0. The summed E-state index contributed by atoms with van der Waals surface area (Å²) in [6.07, 6.45) is 2.66. The SMILES string of the molecule is CC(C)(C)C(=O)Nc1ccc(C=C(O)C(CO)(CO)C(O)=Cc2ccc(NC(=O)C(C)(C)C)cc2)cc1. The first-order valence-electron chi connectivity index (χ1n) is 12.0. The summed E-state index contributed by atoms with van der Waals surface area (Å²) in [4.78, 5) is 24.3. The third-order valence-electron chi connectivity index (χ3n) is 5.83. The van der Waals surface area contributed by atoms with E-state index in [2.05, 4.69) is 10.6 Å². The van der Waals surface area contributed by atoms with Crippen LogP contribution in [-0.4, -0.2) is 45.5 Å². The monoisotopic (exact) mass is 510 g/mol. The van der Waals surface area contributed by atoms with Crippen molar-refractivity contribution >= 4 is 35.3 Å². The summed E-state index contributed by atoms with van der Waals surface area (Å²) in [6.45, 7) is 9.32. The van der Waals surface area contributed by atoms with Crippen molar-refractivity contribution < 1.29 is 30.0 Å². The quantitative estimate of drug-likeness (QED) is 0.272. The third kappa shape index (κ3) is 7.68. The molecule has 37 heavy (non-hydrogen) atoms. The number of carbonyl (C=O) groups is 2. The molecule has 0 fully saturated rings. The first-order chi connectivity index (χ1) is 17.1. The summed E-state index contributed by atoms with van der Waals surface area (Å²) in [5.74, 6) is -1.16. The average molecular weight is 511 g/mol. The van der Waals surface area contributed by atoms with Crippen molar-refractivity contribution in [2.24, 2.45) is 16.2 Å². The molecule has 0 aliphatic rings. The van der Waals surface area contributed by atoms with E-state index in [0.717, 1.165) is 0 Å². The van der Waals surface area contributed by atoms with Gasteiger partial charge in [0.15, 0.2) is 0 Å². The van der Waals surface area contributed by atoms with E-state index in [0.29, 0.717) is 22.5 Å². The van der Waals surface area contributed by atoms with Crippen LogP contribution >= 0.6 is 0 Å². The van der Waals surface area contributed by atoms with Gasteiger partial charge in [0.05, 0.1) is 13.2 Å². The molecule has 2 aromatic rings. The maximum Gasteiger partial charge on any atom is 0.229 e. The highest BCUT2D eigenvalue weighted by atomic mass is 16.3. The van der Waals surface area contributed by atoms with Crippen LogP contribution in [0.4, 0.5) is 11.4 Å². The molecule has 0 saturated heterocycles. The van der Waals surface area contributed by atoms with Crippen molar-refractivity contribution in [1.82, 2.24) is 0 Å². The Morgan fingerprint density at radius 3 is 1.19 bits per heavy atom. The number of aliphatic hydroxyl groups excluding tert-OH is 4. The number of nitrogens with one attached hydrogen (secondary N) is 2. The largest absolute Gasteiger partial charge is 0.511 e. The minimum absolute atomic E-state index is 0.141. The van der Waals surface area contributed by atoms with Gasteiger partial charge in [0, 0.05) is 22.2 Å². The van der Waals surface area contributed by atoms with E-state index in [9.17, 15) is 30.0 Å². The van der Waals surface area contributed by atoms with Gasteiger partial charge in [-0.15, -0.1) is 0 Å². The number of carbonyl (C=O) groups excluding carboxylic acids is 2. The normalized spacial score (nSPS) is 13.3. The second kappa shape index (κ2) is 11.6. The van der Waals surface area contributed by atoms with Gasteiger partial charge >= 0.3 is 0 Å². The second-order valence-electron chi connectivity index (χ2n) is 11.1. The highest BCUT2D eigenvalue weighted by Gasteiger charge is 2.38. The molecular weight excluding hydrogens is 472 g/mol. The lowest BCUT2D eigenvalue weighted by molar-refractivity contribution is -0.123. The lowest BCUT2D eigenvalue weighted by Gasteiger charge is -2.28. The maximum absolute atomic E-state index is 12.2. The van der Waals surface area contributed by atoms with Crippen LogP contribution in [0.1, 0.15) is 52.7 Å². The molecule has 0 bridgehead atoms. The number of aliphatic hydroxyl groups is 4. The number of hydrogen-bond acceptors (Lipinski definition) is 6. The van der Waals surface area contributed by atoms with Gasteiger partial charge in [-0.1, -0.05) is 65.8 Å². The van der Waals surface area contributed by atoms with Crippen LogP contribution in [0.5, 0.6) is 0 Å². The first kappa shape index (κ1) is 29.6. The van der Waals surface area contributed by atoms with Crippen molar-refractivity contribution in [2.75, 3.05) is 23.8 Å². The summed E-state index contributed by atoms with van der Waals surface area (Å²) in [6, 6.07) is 13.3. The number of benzene rings is 2. The van der Waals surface area contributed by atoms with Gasteiger partial charge < -0.3 is 31.1 Å². The molecule has 0 spiro atoms. The molecule has 0 heterocycles. The highest BCUT2D eigenvalue weighted by molar-refractivity contribution is 5.95. The topological polar surface area (TPSA) is 139 Å². The summed E-state index contributed by atoms with van der Waals surface area (Å²) < 4.78 is 0. The van der Waals surface area contributed by atoms with Crippen molar-refractivity contribution in [2.45, 2.75) is 41.5 Å². The molecule has 8 heteroatoms. The zero-order valence-corrected chi connectivity index (χ0v) is 22.3. The van der Waals surface area contributed by atoms with Gasteiger partial charge in [0.1, 0.15) is 16.9 Å². The minimum Gasteiger partial charge on any atom is -0.511 e. The number of rotatable bonds is 8. The van der Waals surface area contributed by atoms with Crippen molar-refractivity contribution in [3.63, 3.8) is 0 Å². The summed E-state index contributed by atoms with van der Waals surface area (Å²) in [5.41, 5.74) is -0.715. The molecule has 0 atom stereocenters. The van der Waals surface area contributed by atoms with E-state index in [1.165, 1.54) is 12.2 Å². The van der Waals surface area contributed by atoms with Gasteiger partial charge in [-0.05, 0) is 47.5 Å². The summed E-state index contributed by atoms with van der Waals surface area (Å²) >= 11 is 0. The Bertz CT molecular complexity index is 1060. The molecule has 8 nitrogen and oxygen atoms in total. The Morgan fingerprint density at radius 2 is 0.946 bits per heavy atom. The van der Waals surface area contributed by atoms with E-state index in [4.69, 9.17) is 0 Å². The molecule has 200 valence electrons. The van der Waals surface area contributed by atoms with Gasteiger partial charge in [-0.3, -0.25) is 9.59 Å². The summed E-state index contributed by atoms with van der Waals surface area (Å²) in [5, 5.41) is 47.4. The van der Waals surface area contributed by atoms with Crippen LogP contribution < -0.4 is 10.6 Å². The fourth-order valence-electron chi connectivity index (χ4n) is 3.06. The minimum atomic E-state index is -1.84. The Kier molecular flexibility index (Phi) is 9.30. The van der Waals surface area contributed by atoms with E-state index < -0.39 is 41.0 Å². The highest BCUT2D eigenvalue weighted by Crippen LogP contribution is 2.35. The molecule has 0 unspecified atom stereocenters. The molecule has 2 aromatic carbocycles. The molecule has 0 aromatic heterocycles. The molecule has 2 amide bonds. The fraction of sp³-hybridized carbons (Fsp3) is 0.379. The van der Waals surface area contributed by atoms with E-state index in [-0.39, 0.29) is 11.8 Å². The predicted octanol–water partition coefficient (Wildman–Crippen LogP) is 5.12. The smallest absolute Gasteiger partial charge is 0.229 e. The van der Waals surface area contributed by atoms with Crippen LogP contribution in [0.15, 0.2) is 60.0 Å². The molecule has 0 aliphatic carbocycles. The Labute approximate surface area is 218 Å². The number of hydrogen-bond donors (Lipinski definition) is 6. The van der Waals surface area contributed by atoms with Gasteiger partial charge in [-0.25, -0.2) is 0 Å². The van der Waals surface area contributed by atoms with E-state index >= 15 is 0 Å². The lowest BCUT2D eigenvalue weighted by atomic mass is 9.83.